The van der Waals surface area contributed by atoms with E-state index in [0.29, 0.717) is 31.6 Å². The number of rotatable bonds is 7. The Hall–Kier alpha value is -2.57. The Balaban J connectivity index is 1.66. The molecule has 0 aromatic heterocycles. The highest BCUT2D eigenvalue weighted by atomic mass is 32.2. The number of nitrogens with zero attached hydrogens (tertiary/aromatic N) is 2. The number of alkyl halides is 3. The quantitative estimate of drug-likeness (QED) is 0.593. The van der Waals surface area contributed by atoms with Crippen molar-refractivity contribution < 1.29 is 36.0 Å². The summed E-state index contributed by atoms with van der Waals surface area (Å²) in [5.74, 6) is -0.729. The van der Waals surface area contributed by atoms with Crippen molar-refractivity contribution in [3.63, 3.8) is 0 Å². The molecule has 8 nitrogen and oxygen atoms in total. The standard InChI is InChI=1S/C21H26F3N3O5S/c1-4-26(14-15(2)3)19(28)18-13-20(32-25-18)9-11-27(12-10-20)33(29,30)17-7-5-16(6-8-17)31-21(22,23)24/h5-8,13,25H,2,4,9-12,14H2,1,3H3. The molecule has 1 saturated heterocycles. The molecule has 0 aliphatic carbocycles. The summed E-state index contributed by atoms with van der Waals surface area (Å²) in [7, 11) is -3.91. The summed E-state index contributed by atoms with van der Waals surface area (Å²) in [5, 5.41) is 0. The highest BCUT2D eigenvalue weighted by Crippen LogP contribution is 2.34. The van der Waals surface area contributed by atoms with Crippen LogP contribution >= 0.6 is 0 Å². The van der Waals surface area contributed by atoms with E-state index in [0.717, 1.165) is 29.8 Å². The fourth-order valence-electron chi connectivity index (χ4n) is 3.72. The predicted molar refractivity (Wildman–Crippen MR) is 113 cm³/mol. The van der Waals surface area contributed by atoms with Crippen LogP contribution in [0.15, 0.2) is 53.1 Å². The zero-order valence-electron chi connectivity index (χ0n) is 18.3. The molecule has 2 aliphatic heterocycles. The third kappa shape index (κ3) is 5.87. The van der Waals surface area contributed by atoms with Crippen LogP contribution in [-0.2, 0) is 19.7 Å². The third-order valence-corrected chi connectivity index (χ3v) is 7.31. The van der Waals surface area contributed by atoms with E-state index in [1.165, 1.54) is 4.31 Å². The number of carbonyl (C=O) groups excluding carboxylic acids is 1. The highest BCUT2D eigenvalue weighted by Gasteiger charge is 2.43. The number of carbonyl (C=O) groups is 1. The minimum absolute atomic E-state index is 0.117. The second-order valence-electron chi connectivity index (χ2n) is 8.03. The van der Waals surface area contributed by atoms with Crippen molar-refractivity contribution in [2.75, 3.05) is 26.2 Å². The number of benzene rings is 1. The van der Waals surface area contributed by atoms with Crippen LogP contribution in [0.25, 0.3) is 0 Å². The van der Waals surface area contributed by atoms with Gasteiger partial charge in [0.1, 0.15) is 17.0 Å². The number of likely N-dealkylation sites (N-methyl/N-ethyl adjacent to an activating group) is 1. The van der Waals surface area contributed by atoms with Gasteiger partial charge in [-0.1, -0.05) is 12.2 Å². The minimum Gasteiger partial charge on any atom is -0.406 e. The fourth-order valence-corrected chi connectivity index (χ4v) is 5.16. The number of halogens is 3. The normalized spacial score (nSPS) is 18.5. The molecule has 12 heteroatoms. The van der Waals surface area contributed by atoms with Crippen molar-refractivity contribution >= 4 is 15.9 Å². The van der Waals surface area contributed by atoms with Crippen LogP contribution in [0.2, 0.25) is 0 Å². The maximum atomic E-state index is 12.9. The number of hydrogen-bond donors (Lipinski definition) is 1. The summed E-state index contributed by atoms with van der Waals surface area (Å²) in [6.45, 7) is 8.67. The molecule has 2 heterocycles. The molecule has 0 atom stereocenters. The molecule has 182 valence electrons. The van der Waals surface area contributed by atoms with Crippen LogP contribution in [0.5, 0.6) is 5.75 Å². The Labute approximate surface area is 190 Å². The van der Waals surface area contributed by atoms with Crippen LogP contribution < -0.4 is 10.2 Å². The van der Waals surface area contributed by atoms with Crippen molar-refractivity contribution in [1.82, 2.24) is 14.7 Å². The lowest BCUT2D eigenvalue weighted by Crippen LogP contribution is -2.46. The maximum absolute atomic E-state index is 12.9. The number of nitrogens with one attached hydrogen (secondary N) is 1. The molecule has 0 saturated carbocycles. The largest absolute Gasteiger partial charge is 0.573 e. The molecule has 33 heavy (non-hydrogen) atoms. The van der Waals surface area contributed by atoms with Gasteiger partial charge in [-0.3, -0.25) is 15.1 Å². The first-order chi connectivity index (χ1) is 15.3. The molecular formula is C21H26F3N3O5S. The van der Waals surface area contributed by atoms with Gasteiger partial charge in [0.15, 0.2) is 0 Å². The number of amides is 1. The smallest absolute Gasteiger partial charge is 0.406 e. The minimum atomic E-state index is -4.86. The van der Waals surface area contributed by atoms with E-state index in [1.54, 1.807) is 11.0 Å². The van der Waals surface area contributed by atoms with E-state index in [4.69, 9.17) is 4.84 Å². The first-order valence-electron chi connectivity index (χ1n) is 10.3. The lowest BCUT2D eigenvalue weighted by Gasteiger charge is -2.35. The SMILES string of the molecule is C=C(C)CN(CC)C(=O)C1=CC2(CCN(S(=O)(=O)c3ccc(OC(F)(F)F)cc3)CC2)ON1. The van der Waals surface area contributed by atoms with E-state index >= 15 is 0 Å². The molecule has 1 spiro atoms. The van der Waals surface area contributed by atoms with Crippen molar-refractivity contribution in [3.8, 4) is 5.75 Å². The van der Waals surface area contributed by atoms with E-state index in [1.807, 2.05) is 13.8 Å². The molecule has 2 aliphatic rings. The first-order valence-corrected chi connectivity index (χ1v) is 11.8. The van der Waals surface area contributed by atoms with Gasteiger partial charge in [-0.05, 0) is 57.0 Å². The third-order valence-electron chi connectivity index (χ3n) is 5.40. The van der Waals surface area contributed by atoms with Gasteiger partial charge < -0.3 is 9.64 Å². The van der Waals surface area contributed by atoms with Gasteiger partial charge >= 0.3 is 6.36 Å². The predicted octanol–water partition coefficient (Wildman–Crippen LogP) is 2.95. The molecule has 1 aromatic carbocycles. The first kappa shape index (κ1) is 25.1. The van der Waals surface area contributed by atoms with Gasteiger partial charge in [0.25, 0.3) is 5.91 Å². The van der Waals surface area contributed by atoms with Crippen molar-refractivity contribution in [2.24, 2.45) is 0 Å². The average molecular weight is 490 g/mol. The van der Waals surface area contributed by atoms with Crippen molar-refractivity contribution in [2.45, 2.75) is 43.5 Å². The molecule has 0 bridgehead atoms. The van der Waals surface area contributed by atoms with Gasteiger partial charge in [0, 0.05) is 26.2 Å². The Kier molecular flexibility index (Phi) is 7.10. The molecule has 0 unspecified atom stereocenters. The Morgan fingerprint density at radius 2 is 1.88 bits per heavy atom. The lowest BCUT2D eigenvalue weighted by atomic mass is 9.92. The van der Waals surface area contributed by atoms with Gasteiger partial charge in [-0.25, -0.2) is 8.42 Å². The summed E-state index contributed by atoms with van der Waals surface area (Å²) in [6.07, 6.45) is -2.55. The number of sulfonamides is 1. The maximum Gasteiger partial charge on any atom is 0.573 e. The van der Waals surface area contributed by atoms with Gasteiger partial charge in [0.2, 0.25) is 10.0 Å². The van der Waals surface area contributed by atoms with Crippen LogP contribution in [0, 0.1) is 0 Å². The zero-order chi connectivity index (χ0) is 24.4. The Bertz CT molecular complexity index is 1030. The molecular weight excluding hydrogens is 463 g/mol. The number of hydroxylamine groups is 1. The molecule has 1 fully saturated rings. The summed E-state index contributed by atoms with van der Waals surface area (Å²) in [6, 6.07) is 4.07. The molecule has 1 aromatic rings. The zero-order valence-corrected chi connectivity index (χ0v) is 19.1. The molecule has 1 N–H and O–H groups in total. The number of piperidine rings is 1. The van der Waals surface area contributed by atoms with Crippen LogP contribution in [0.3, 0.4) is 0 Å². The van der Waals surface area contributed by atoms with Crippen molar-refractivity contribution in [1.29, 1.82) is 0 Å². The highest BCUT2D eigenvalue weighted by molar-refractivity contribution is 7.89. The summed E-state index contributed by atoms with van der Waals surface area (Å²) in [4.78, 5) is 19.9. The van der Waals surface area contributed by atoms with E-state index < -0.39 is 27.7 Å². The molecule has 0 radical (unpaired) electrons. The second kappa shape index (κ2) is 9.35. The summed E-state index contributed by atoms with van der Waals surface area (Å²) >= 11 is 0. The fraction of sp³-hybridized carbons (Fsp3) is 0.476. The van der Waals surface area contributed by atoms with Crippen LogP contribution in [-0.4, -0.2) is 61.7 Å². The van der Waals surface area contributed by atoms with Gasteiger partial charge in [-0.15, -0.1) is 13.2 Å². The van der Waals surface area contributed by atoms with Gasteiger partial charge in [0.05, 0.1) is 4.90 Å². The summed E-state index contributed by atoms with van der Waals surface area (Å²) in [5.41, 5.74) is 3.01. The molecule has 3 rings (SSSR count). The van der Waals surface area contributed by atoms with E-state index in [2.05, 4.69) is 16.8 Å². The van der Waals surface area contributed by atoms with Crippen molar-refractivity contribution in [3.05, 3.63) is 48.2 Å². The number of hydrogen-bond acceptors (Lipinski definition) is 6. The second-order valence-corrected chi connectivity index (χ2v) is 9.96. The van der Waals surface area contributed by atoms with E-state index in [9.17, 15) is 26.4 Å². The molecule has 1 amide bonds. The number of ether oxygens (including phenoxy) is 1. The lowest BCUT2D eigenvalue weighted by molar-refractivity contribution is -0.274. The Morgan fingerprint density at radius 3 is 2.39 bits per heavy atom. The van der Waals surface area contributed by atoms with Crippen LogP contribution in [0.1, 0.15) is 26.7 Å². The summed E-state index contributed by atoms with van der Waals surface area (Å²) < 4.78 is 67.8. The monoisotopic (exact) mass is 489 g/mol. The van der Waals surface area contributed by atoms with Crippen LogP contribution in [0.4, 0.5) is 13.2 Å². The Morgan fingerprint density at radius 1 is 1.27 bits per heavy atom. The topological polar surface area (TPSA) is 88.2 Å². The average Bonchev–Trinajstić information content (AvgIpc) is 3.14. The van der Waals surface area contributed by atoms with Gasteiger partial charge in [-0.2, -0.15) is 4.31 Å². The van der Waals surface area contributed by atoms with E-state index in [-0.39, 0.29) is 23.9 Å².